The highest BCUT2D eigenvalue weighted by Gasteiger charge is 2.04. The third-order valence-corrected chi connectivity index (χ3v) is 2.24. The van der Waals surface area contributed by atoms with Gasteiger partial charge in [0.15, 0.2) is 0 Å². The molecule has 0 fully saturated rings. The second-order valence-electron chi connectivity index (χ2n) is 3.85. The zero-order chi connectivity index (χ0) is 10.8. The van der Waals surface area contributed by atoms with Crippen LogP contribution in [-0.2, 0) is 4.79 Å². The Bertz CT molecular complexity index is 146. The van der Waals surface area contributed by atoms with Crippen molar-refractivity contribution in [1.82, 2.24) is 5.32 Å². The van der Waals surface area contributed by atoms with Crippen molar-refractivity contribution in [2.24, 2.45) is 5.73 Å². The summed E-state index contributed by atoms with van der Waals surface area (Å²) in [5.74, 6) is -0.0430. The zero-order valence-electron chi connectivity index (χ0n) is 9.51. The molecule has 1 amide bonds. The van der Waals surface area contributed by atoms with Crippen LogP contribution in [0.4, 0.5) is 0 Å². The molecule has 0 aliphatic heterocycles. The van der Waals surface area contributed by atoms with E-state index in [0.717, 1.165) is 13.0 Å². The number of hydrogen-bond donors (Lipinski definition) is 2. The lowest BCUT2D eigenvalue weighted by Gasteiger charge is -2.07. The number of amides is 1. The SMILES string of the molecule is CCCCCCCCNC(=O)[C@@H](C)N. The van der Waals surface area contributed by atoms with Gasteiger partial charge in [0.1, 0.15) is 0 Å². The monoisotopic (exact) mass is 200 g/mol. The van der Waals surface area contributed by atoms with E-state index in [9.17, 15) is 4.79 Å². The predicted molar refractivity (Wildman–Crippen MR) is 60.0 cm³/mol. The summed E-state index contributed by atoms with van der Waals surface area (Å²) in [6, 6.07) is -0.380. The number of hydrogen-bond acceptors (Lipinski definition) is 2. The fourth-order valence-corrected chi connectivity index (χ4v) is 1.28. The fourth-order valence-electron chi connectivity index (χ4n) is 1.28. The molecule has 0 spiro atoms. The van der Waals surface area contributed by atoms with Crippen LogP contribution in [0.25, 0.3) is 0 Å². The lowest BCUT2D eigenvalue weighted by molar-refractivity contribution is -0.121. The van der Waals surface area contributed by atoms with Crippen LogP contribution in [0.3, 0.4) is 0 Å². The number of carbonyl (C=O) groups is 1. The van der Waals surface area contributed by atoms with Gasteiger partial charge in [0.2, 0.25) is 5.91 Å². The molecule has 3 heteroatoms. The van der Waals surface area contributed by atoms with Gasteiger partial charge in [-0.05, 0) is 13.3 Å². The van der Waals surface area contributed by atoms with Crippen molar-refractivity contribution >= 4 is 5.91 Å². The molecule has 14 heavy (non-hydrogen) atoms. The normalized spacial score (nSPS) is 12.5. The van der Waals surface area contributed by atoms with Crippen LogP contribution in [0.2, 0.25) is 0 Å². The number of nitrogens with one attached hydrogen (secondary N) is 1. The summed E-state index contributed by atoms with van der Waals surface area (Å²) >= 11 is 0. The third-order valence-electron chi connectivity index (χ3n) is 2.24. The Morgan fingerprint density at radius 3 is 2.36 bits per heavy atom. The topological polar surface area (TPSA) is 55.1 Å². The smallest absolute Gasteiger partial charge is 0.236 e. The van der Waals surface area contributed by atoms with Crippen molar-refractivity contribution in [3.8, 4) is 0 Å². The van der Waals surface area contributed by atoms with Crippen molar-refractivity contribution in [1.29, 1.82) is 0 Å². The molecule has 84 valence electrons. The van der Waals surface area contributed by atoms with E-state index in [1.165, 1.54) is 32.1 Å². The highest BCUT2D eigenvalue weighted by molar-refractivity contribution is 5.80. The van der Waals surface area contributed by atoms with Crippen molar-refractivity contribution in [3.05, 3.63) is 0 Å². The van der Waals surface area contributed by atoms with Gasteiger partial charge in [-0.15, -0.1) is 0 Å². The molecule has 3 nitrogen and oxygen atoms in total. The first-order valence-electron chi connectivity index (χ1n) is 5.71. The number of carbonyl (C=O) groups excluding carboxylic acids is 1. The van der Waals surface area contributed by atoms with E-state index in [2.05, 4.69) is 12.2 Å². The molecule has 0 aromatic carbocycles. The highest BCUT2D eigenvalue weighted by atomic mass is 16.2. The van der Waals surface area contributed by atoms with Crippen molar-refractivity contribution in [3.63, 3.8) is 0 Å². The zero-order valence-corrected chi connectivity index (χ0v) is 9.51. The molecular formula is C11H24N2O. The van der Waals surface area contributed by atoms with Crippen molar-refractivity contribution in [2.45, 2.75) is 58.4 Å². The summed E-state index contributed by atoms with van der Waals surface area (Å²) in [4.78, 5) is 11.0. The minimum Gasteiger partial charge on any atom is -0.355 e. The van der Waals surface area contributed by atoms with Gasteiger partial charge in [0, 0.05) is 6.54 Å². The van der Waals surface area contributed by atoms with E-state index in [-0.39, 0.29) is 11.9 Å². The van der Waals surface area contributed by atoms with Crippen LogP contribution in [0.15, 0.2) is 0 Å². The summed E-state index contributed by atoms with van der Waals surface area (Å²) in [5, 5.41) is 2.81. The number of unbranched alkanes of at least 4 members (excludes halogenated alkanes) is 5. The summed E-state index contributed by atoms with van der Waals surface area (Å²) in [6.45, 7) is 4.69. The van der Waals surface area contributed by atoms with Crippen LogP contribution in [0.1, 0.15) is 52.4 Å². The van der Waals surface area contributed by atoms with Gasteiger partial charge >= 0.3 is 0 Å². The molecule has 0 saturated heterocycles. The Labute approximate surface area is 87.4 Å². The Hall–Kier alpha value is -0.570. The molecule has 0 aliphatic rings. The quantitative estimate of drug-likeness (QED) is 0.587. The third kappa shape index (κ3) is 8.05. The summed E-state index contributed by atoms with van der Waals surface area (Å²) in [6.07, 6.45) is 7.48. The largest absolute Gasteiger partial charge is 0.355 e. The first-order valence-corrected chi connectivity index (χ1v) is 5.71. The lowest BCUT2D eigenvalue weighted by atomic mass is 10.1. The second-order valence-corrected chi connectivity index (χ2v) is 3.85. The minimum atomic E-state index is -0.380. The maximum Gasteiger partial charge on any atom is 0.236 e. The lowest BCUT2D eigenvalue weighted by Crippen LogP contribution is -2.38. The van der Waals surface area contributed by atoms with Crippen molar-refractivity contribution < 1.29 is 4.79 Å². The molecule has 1 atom stereocenters. The average Bonchev–Trinajstić information content (AvgIpc) is 2.16. The summed E-state index contributed by atoms with van der Waals surface area (Å²) < 4.78 is 0. The molecule has 0 bridgehead atoms. The summed E-state index contributed by atoms with van der Waals surface area (Å²) in [5.41, 5.74) is 5.40. The number of rotatable bonds is 8. The molecule has 0 aromatic heterocycles. The second kappa shape index (κ2) is 9.00. The molecule has 0 rings (SSSR count). The molecule has 0 aliphatic carbocycles. The van der Waals surface area contributed by atoms with Gasteiger partial charge < -0.3 is 11.1 Å². The van der Waals surface area contributed by atoms with Crippen LogP contribution in [-0.4, -0.2) is 18.5 Å². The highest BCUT2D eigenvalue weighted by Crippen LogP contribution is 2.03. The van der Waals surface area contributed by atoms with Crippen LogP contribution in [0, 0.1) is 0 Å². The molecule has 0 aromatic rings. The first-order chi connectivity index (χ1) is 6.68. The van der Waals surface area contributed by atoms with E-state index in [1.54, 1.807) is 6.92 Å². The minimum absolute atomic E-state index is 0.0430. The maximum absolute atomic E-state index is 11.0. The van der Waals surface area contributed by atoms with Gasteiger partial charge in [0.25, 0.3) is 0 Å². The summed E-state index contributed by atoms with van der Waals surface area (Å²) in [7, 11) is 0. The Balaban J connectivity index is 3.10. The average molecular weight is 200 g/mol. The molecule has 0 heterocycles. The molecule has 3 N–H and O–H groups in total. The Morgan fingerprint density at radius 1 is 1.21 bits per heavy atom. The van der Waals surface area contributed by atoms with Crippen LogP contribution >= 0.6 is 0 Å². The van der Waals surface area contributed by atoms with E-state index in [4.69, 9.17) is 5.73 Å². The van der Waals surface area contributed by atoms with E-state index >= 15 is 0 Å². The van der Waals surface area contributed by atoms with Crippen LogP contribution < -0.4 is 11.1 Å². The standard InChI is InChI=1S/C11H24N2O/c1-3-4-5-6-7-8-9-13-11(14)10(2)12/h10H,3-9,12H2,1-2H3,(H,13,14)/t10-/m1/s1. The van der Waals surface area contributed by atoms with E-state index < -0.39 is 0 Å². The van der Waals surface area contributed by atoms with E-state index in [0.29, 0.717) is 0 Å². The number of nitrogens with two attached hydrogens (primary N) is 1. The van der Waals surface area contributed by atoms with Gasteiger partial charge in [-0.3, -0.25) is 4.79 Å². The van der Waals surface area contributed by atoms with Gasteiger partial charge in [-0.25, -0.2) is 0 Å². The predicted octanol–water partition coefficient (Wildman–Crippen LogP) is 1.81. The first kappa shape index (κ1) is 13.4. The molecular weight excluding hydrogens is 176 g/mol. The molecule has 0 saturated carbocycles. The Morgan fingerprint density at radius 2 is 1.79 bits per heavy atom. The van der Waals surface area contributed by atoms with E-state index in [1.807, 2.05) is 0 Å². The maximum atomic E-state index is 11.0. The molecule has 0 radical (unpaired) electrons. The van der Waals surface area contributed by atoms with Crippen molar-refractivity contribution in [2.75, 3.05) is 6.54 Å². The molecule has 0 unspecified atom stereocenters. The Kier molecular flexibility index (Phi) is 8.64. The van der Waals surface area contributed by atoms with Gasteiger partial charge in [-0.2, -0.15) is 0 Å². The van der Waals surface area contributed by atoms with Gasteiger partial charge in [-0.1, -0.05) is 39.0 Å². The van der Waals surface area contributed by atoms with Crippen LogP contribution in [0.5, 0.6) is 0 Å². The van der Waals surface area contributed by atoms with Gasteiger partial charge in [0.05, 0.1) is 6.04 Å². The fraction of sp³-hybridized carbons (Fsp3) is 0.909.